The molecule has 0 saturated carbocycles. The molecule has 0 atom stereocenters. The van der Waals surface area contributed by atoms with Crippen molar-refractivity contribution in [1.82, 2.24) is 5.43 Å². The third-order valence-electron chi connectivity index (χ3n) is 1.46. The van der Waals surface area contributed by atoms with Crippen molar-refractivity contribution in [2.24, 2.45) is 0 Å². The van der Waals surface area contributed by atoms with Gasteiger partial charge < -0.3 is 10.0 Å². The van der Waals surface area contributed by atoms with E-state index in [0.717, 1.165) is 0 Å². The van der Waals surface area contributed by atoms with E-state index in [0.29, 0.717) is 17.6 Å². The highest BCUT2D eigenvalue weighted by atomic mass is 16.4. The number of benzene rings is 1. The molecule has 0 heterocycles. The largest absolute Gasteiger partial charge is 0.488 e. The second-order valence-corrected chi connectivity index (χ2v) is 2.39. The van der Waals surface area contributed by atoms with Gasteiger partial charge in [0, 0.05) is 0 Å². The Kier molecular flexibility index (Phi) is 3.30. The quantitative estimate of drug-likeness (QED) is 0.256. The molecule has 0 unspecified atom stereocenters. The molecule has 0 saturated heterocycles. The molecule has 0 aliphatic rings. The summed E-state index contributed by atoms with van der Waals surface area (Å²) in [7, 11) is -1.50. The van der Waals surface area contributed by atoms with Gasteiger partial charge in [0.05, 0.1) is 5.69 Å². The summed E-state index contributed by atoms with van der Waals surface area (Å²) in [6.07, 6.45) is 0.488. The molecule has 0 spiro atoms. The summed E-state index contributed by atoms with van der Waals surface area (Å²) >= 11 is 0. The second-order valence-electron chi connectivity index (χ2n) is 2.39. The van der Waals surface area contributed by atoms with Crippen LogP contribution in [0.25, 0.3) is 0 Å². The standard InChI is InChI=1S/C7H9BN2O3/c11-5-9-10-7-3-1-2-6(4-7)8(12)13/h1-5,10,12-13H,(H,9,11). The highest BCUT2D eigenvalue weighted by Crippen LogP contribution is 2.01. The Morgan fingerprint density at radius 3 is 2.77 bits per heavy atom. The smallest absolute Gasteiger partial charge is 0.423 e. The summed E-state index contributed by atoms with van der Waals surface area (Å²) in [4.78, 5) is 9.92. The van der Waals surface area contributed by atoms with Crippen molar-refractivity contribution < 1.29 is 14.8 Å². The lowest BCUT2D eigenvalue weighted by atomic mass is 9.80. The Morgan fingerprint density at radius 1 is 1.38 bits per heavy atom. The van der Waals surface area contributed by atoms with Crippen LogP contribution in [0.2, 0.25) is 0 Å². The summed E-state index contributed by atoms with van der Waals surface area (Å²) in [6, 6.07) is 6.41. The molecule has 1 aromatic carbocycles. The summed E-state index contributed by atoms with van der Waals surface area (Å²) < 4.78 is 0. The monoisotopic (exact) mass is 180 g/mol. The van der Waals surface area contributed by atoms with Gasteiger partial charge in [-0.05, 0) is 17.6 Å². The normalized spacial score (nSPS) is 9.08. The maximum Gasteiger partial charge on any atom is 0.488 e. The molecule has 6 heteroatoms. The predicted molar refractivity (Wildman–Crippen MR) is 49.1 cm³/mol. The van der Waals surface area contributed by atoms with E-state index in [1.54, 1.807) is 18.2 Å². The van der Waals surface area contributed by atoms with E-state index in [1.807, 2.05) is 0 Å². The van der Waals surface area contributed by atoms with E-state index in [4.69, 9.17) is 10.0 Å². The maximum atomic E-state index is 9.92. The molecular weight excluding hydrogens is 171 g/mol. The average molecular weight is 180 g/mol. The average Bonchev–Trinajstić information content (AvgIpc) is 2.15. The van der Waals surface area contributed by atoms with Crippen LogP contribution in [0.15, 0.2) is 24.3 Å². The fourth-order valence-corrected chi connectivity index (χ4v) is 0.890. The van der Waals surface area contributed by atoms with Gasteiger partial charge in [-0.2, -0.15) is 0 Å². The molecule has 1 rings (SSSR count). The number of amides is 1. The zero-order chi connectivity index (χ0) is 9.68. The van der Waals surface area contributed by atoms with Crippen molar-refractivity contribution in [3.63, 3.8) is 0 Å². The van der Waals surface area contributed by atoms with Crippen LogP contribution in [0.3, 0.4) is 0 Å². The summed E-state index contributed by atoms with van der Waals surface area (Å²) in [5.41, 5.74) is 5.73. The zero-order valence-corrected chi connectivity index (χ0v) is 6.77. The number of rotatable bonds is 4. The Bertz CT molecular complexity index is 293. The van der Waals surface area contributed by atoms with Gasteiger partial charge >= 0.3 is 7.12 Å². The zero-order valence-electron chi connectivity index (χ0n) is 6.77. The number of hydrazine groups is 1. The maximum absolute atomic E-state index is 9.92. The van der Waals surface area contributed by atoms with Gasteiger partial charge in [0.15, 0.2) is 0 Å². The van der Waals surface area contributed by atoms with Crippen LogP contribution in [0, 0.1) is 0 Å². The molecule has 0 aromatic heterocycles. The predicted octanol–water partition coefficient (Wildman–Crippen LogP) is -1.56. The summed E-state index contributed by atoms with van der Waals surface area (Å²) in [6.45, 7) is 0. The van der Waals surface area contributed by atoms with E-state index in [1.165, 1.54) is 6.07 Å². The van der Waals surface area contributed by atoms with Crippen LogP contribution >= 0.6 is 0 Å². The minimum Gasteiger partial charge on any atom is -0.423 e. The first-order valence-corrected chi connectivity index (χ1v) is 3.65. The van der Waals surface area contributed by atoms with E-state index >= 15 is 0 Å². The highest BCUT2D eigenvalue weighted by molar-refractivity contribution is 6.58. The molecule has 0 bridgehead atoms. The van der Waals surface area contributed by atoms with Crippen molar-refractivity contribution in [3.8, 4) is 0 Å². The Balaban J connectivity index is 2.73. The van der Waals surface area contributed by atoms with Gasteiger partial charge in [-0.1, -0.05) is 12.1 Å². The van der Waals surface area contributed by atoms with Crippen molar-refractivity contribution in [2.75, 3.05) is 5.43 Å². The molecule has 1 amide bonds. The van der Waals surface area contributed by atoms with Gasteiger partial charge in [0.2, 0.25) is 6.41 Å². The van der Waals surface area contributed by atoms with E-state index < -0.39 is 7.12 Å². The number of carbonyl (C=O) groups excluding carboxylic acids is 1. The van der Waals surface area contributed by atoms with Crippen LogP contribution in [0.4, 0.5) is 5.69 Å². The topological polar surface area (TPSA) is 81.6 Å². The first kappa shape index (κ1) is 9.56. The number of carbonyl (C=O) groups is 1. The van der Waals surface area contributed by atoms with Crippen LogP contribution < -0.4 is 16.3 Å². The van der Waals surface area contributed by atoms with Crippen LogP contribution in [-0.4, -0.2) is 23.6 Å². The lowest BCUT2D eigenvalue weighted by Gasteiger charge is -2.05. The molecule has 1 aromatic rings. The Labute approximate surface area is 75.5 Å². The fraction of sp³-hybridized carbons (Fsp3) is 0. The third kappa shape index (κ3) is 2.77. The van der Waals surface area contributed by atoms with Gasteiger partial charge in [0.25, 0.3) is 0 Å². The van der Waals surface area contributed by atoms with Crippen LogP contribution in [0.5, 0.6) is 0 Å². The van der Waals surface area contributed by atoms with Crippen LogP contribution in [0.1, 0.15) is 0 Å². The van der Waals surface area contributed by atoms with Crippen LogP contribution in [-0.2, 0) is 4.79 Å². The highest BCUT2D eigenvalue weighted by Gasteiger charge is 2.10. The fourth-order valence-electron chi connectivity index (χ4n) is 0.890. The molecule has 68 valence electrons. The lowest BCUT2D eigenvalue weighted by molar-refractivity contribution is -0.109. The minimum atomic E-state index is -1.50. The Morgan fingerprint density at radius 2 is 2.15 bits per heavy atom. The first-order chi connectivity index (χ1) is 6.24. The van der Waals surface area contributed by atoms with Gasteiger partial charge in [-0.25, -0.2) is 0 Å². The van der Waals surface area contributed by atoms with E-state index in [9.17, 15) is 4.79 Å². The van der Waals surface area contributed by atoms with Gasteiger partial charge in [0.1, 0.15) is 0 Å². The number of hydrogen-bond acceptors (Lipinski definition) is 4. The minimum absolute atomic E-state index is 0.359. The number of nitrogens with one attached hydrogen (secondary N) is 2. The van der Waals surface area contributed by atoms with Crippen molar-refractivity contribution in [1.29, 1.82) is 0 Å². The third-order valence-corrected chi connectivity index (χ3v) is 1.46. The second kappa shape index (κ2) is 4.49. The van der Waals surface area contributed by atoms with E-state index in [2.05, 4.69) is 10.9 Å². The molecule has 5 nitrogen and oxygen atoms in total. The first-order valence-electron chi connectivity index (χ1n) is 3.65. The summed E-state index contributed by atoms with van der Waals surface area (Å²) in [5, 5.41) is 17.6. The molecule has 0 aliphatic heterocycles. The van der Waals surface area contributed by atoms with Gasteiger partial charge in [-0.15, -0.1) is 0 Å². The SMILES string of the molecule is O=CNNc1cccc(B(O)O)c1. The van der Waals surface area contributed by atoms with Crippen molar-refractivity contribution in [3.05, 3.63) is 24.3 Å². The Hall–Kier alpha value is -1.53. The molecule has 0 radical (unpaired) electrons. The number of anilines is 1. The van der Waals surface area contributed by atoms with E-state index in [-0.39, 0.29) is 0 Å². The molecule has 0 aliphatic carbocycles. The van der Waals surface area contributed by atoms with Crippen molar-refractivity contribution in [2.45, 2.75) is 0 Å². The lowest BCUT2D eigenvalue weighted by Crippen LogP contribution is -2.30. The van der Waals surface area contributed by atoms with Gasteiger partial charge in [-0.3, -0.25) is 15.6 Å². The number of hydrogen-bond donors (Lipinski definition) is 4. The summed E-state index contributed by atoms with van der Waals surface area (Å²) in [5.74, 6) is 0. The molecule has 0 fully saturated rings. The molecule has 13 heavy (non-hydrogen) atoms. The van der Waals surface area contributed by atoms with Crippen molar-refractivity contribution >= 4 is 24.7 Å². The molecular formula is C7H9BN2O3. The molecule has 4 N–H and O–H groups in total.